The van der Waals surface area contributed by atoms with E-state index in [0.717, 1.165) is 42.8 Å². The zero-order chi connectivity index (χ0) is 21.1. The molecule has 2 amide bonds. The summed E-state index contributed by atoms with van der Waals surface area (Å²) in [5.74, 6) is -0.115. The summed E-state index contributed by atoms with van der Waals surface area (Å²) < 4.78 is 2.00. The zero-order valence-electron chi connectivity index (χ0n) is 18.3. The first-order valence-electron chi connectivity index (χ1n) is 10.6. The van der Waals surface area contributed by atoms with E-state index >= 15 is 0 Å². The molecule has 1 saturated heterocycles. The molecule has 0 spiro atoms. The molecule has 0 unspecified atom stereocenters. The number of carbonyl (C=O) groups is 2. The van der Waals surface area contributed by atoms with Gasteiger partial charge in [-0.15, -0.1) is 0 Å². The lowest BCUT2D eigenvalue weighted by Gasteiger charge is -2.32. The maximum atomic E-state index is 12.9. The van der Waals surface area contributed by atoms with Crippen molar-refractivity contribution in [2.75, 3.05) is 19.6 Å². The molecule has 7 nitrogen and oxygen atoms in total. The van der Waals surface area contributed by atoms with E-state index in [2.05, 4.69) is 29.2 Å². The number of rotatable bonds is 6. The minimum Gasteiger partial charge on any atom is -0.355 e. The van der Waals surface area contributed by atoms with Crippen LogP contribution in [0.4, 0.5) is 0 Å². The van der Waals surface area contributed by atoms with Crippen molar-refractivity contribution in [2.24, 2.45) is 5.92 Å². The van der Waals surface area contributed by atoms with Gasteiger partial charge in [0.15, 0.2) is 0 Å². The van der Waals surface area contributed by atoms with Crippen LogP contribution in [0.3, 0.4) is 0 Å². The summed E-state index contributed by atoms with van der Waals surface area (Å²) in [7, 11) is 0. The Morgan fingerprint density at radius 2 is 2.03 bits per heavy atom. The van der Waals surface area contributed by atoms with Crippen molar-refractivity contribution in [3.05, 3.63) is 40.0 Å². The zero-order valence-corrected chi connectivity index (χ0v) is 18.3. The van der Waals surface area contributed by atoms with Gasteiger partial charge in [-0.05, 0) is 71.1 Å². The maximum Gasteiger partial charge on any atom is 0.270 e. The highest BCUT2D eigenvalue weighted by molar-refractivity contribution is 5.94. The summed E-state index contributed by atoms with van der Waals surface area (Å²) in [6.07, 6.45) is 2.45. The number of nitrogens with one attached hydrogen (secondary N) is 2. The van der Waals surface area contributed by atoms with E-state index in [1.807, 2.05) is 36.4 Å². The van der Waals surface area contributed by atoms with E-state index in [1.54, 1.807) is 0 Å². The number of piperidine rings is 1. The predicted molar refractivity (Wildman–Crippen MR) is 113 cm³/mol. The lowest BCUT2D eigenvalue weighted by Crippen LogP contribution is -2.46. The molecule has 2 N–H and O–H groups in total. The highest BCUT2D eigenvalue weighted by Crippen LogP contribution is 2.20. The van der Waals surface area contributed by atoms with Crippen LogP contribution < -0.4 is 5.32 Å². The first-order valence-corrected chi connectivity index (χ1v) is 10.6. The normalized spacial score (nSPS) is 16.9. The number of aromatic nitrogens is 3. The highest BCUT2D eigenvalue weighted by Gasteiger charge is 2.30. The second-order valence-corrected chi connectivity index (χ2v) is 8.11. The van der Waals surface area contributed by atoms with Gasteiger partial charge >= 0.3 is 0 Å². The largest absolute Gasteiger partial charge is 0.355 e. The van der Waals surface area contributed by atoms with Gasteiger partial charge in [-0.1, -0.05) is 0 Å². The quantitative estimate of drug-likeness (QED) is 0.783. The average molecular weight is 400 g/mol. The van der Waals surface area contributed by atoms with E-state index in [-0.39, 0.29) is 17.7 Å². The molecule has 0 radical (unpaired) electrons. The van der Waals surface area contributed by atoms with Gasteiger partial charge in [0.2, 0.25) is 5.91 Å². The van der Waals surface area contributed by atoms with Crippen molar-refractivity contribution >= 4 is 11.8 Å². The van der Waals surface area contributed by atoms with Gasteiger partial charge in [-0.2, -0.15) is 5.10 Å². The number of likely N-dealkylation sites (tertiary alicyclic amines) is 1. The standard InChI is InChI=1S/C22H33N5O2/c1-6-27-17(5)19(16(4)25-27)9-10-23-21(28)18-8-7-11-26(13-18)22(29)20-14(2)12-15(3)24-20/h12,18,24H,6-11,13H2,1-5H3,(H,23,28)/t18-/m1/s1. The van der Waals surface area contributed by atoms with E-state index in [1.165, 1.54) is 11.3 Å². The predicted octanol–water partition coefficient (Wildman–Crippen LogP) is 2.68. The van der Waals surface area contributed by atoms with Crippen LogP contribution in [0.2, 0.25) is 0 Å². The van der Waals surface area contributed by atoms with Crippen molar-refractivity contribution in [3.63, 3.8) is 0 Å². The SMILES string of the molecule is CCn1nc(C)c(CCNC(=O)[C@@H]2CCCN(C(=O)c3[nH]c(C)cc3C)C2)c1C. The van der Waals surface area contributed by atoms with Gasteiger partial charge in [-0.3, -0.25) is 14.3 Å². The molecule has 3 rings (SSSR count). The molecule has 0 aromatic carbocycles. The second kappa shape index (κ2) is 8.84. The Kier molecular flexibility index (Phi) is 6.45. The van der Waals surface area contributed by atoms with Crippen LogP contribution in [0.5, 0.6) is 0 Å². The first kappa shape index (κ1) is 21.1. The maximum absolute atomic E-state index is 12.9. The third-order valence-electron chi connectivity index (χ3n) is 5.95. The minimum absolute atomic E-state index is 0.00803. The molecule has 1 fully saturated rings. The van der Waals surface area contributed by atoms with Crippen molar-refractivity contribution in [1.29, 1.82) is 0 Å². The van der Waals surface area contributed by atoms with Crippen LogP contribution >= 0.6 is 0 Å². The van der Waals surface area contributed by atoms with Gasteiger partial charge in [0, 0.05) is 37.6 Å². The number of amides is 2. The fourth-order valence-corrected chi connectivity index (χ4v) is 4.34. The summed E-state index contributed by atoms with van der Waals surface area (Å²) in [4.78, 5) is 30.5. The van der Waals surface area contributed by atoms with Crippen LogP contribution in [-0.2, 0) is 17.8 Å². The number of hydrogen-bond acceptors (Lipinski definition) is 3. The first-order chi connectivity index (χ1) is 13.8. The molecule has 0 saturated carbocycles. The molecule has 1 atom stereocenters. The number of aryl methyl sites for hydroxylation is 4. The molecule has 2 aromatic heterocycles. The Labute approximate surface area is 172 Å². The Morgan fingerprint density at radius 3 is 2.66 bits per heavy atom. The van der Waals surface area contributed by atoms with Crippen molar-refractivity contribution < 1.29 is 9.59 Å². The van der Waals surface area contributed by atoms with Crippen LogP contribution in [0.15, 0.2) is 6.07 Å². The Bertz CT molecular complexity index is 895. The fourth-order valence-electron chi connectivity index (χ4n) is 4.34. The number of H-pyrrole nitrogens is 1. The summed E-state index contributed by atoms with van der Waals surface area (Å²) in [6, 6.07) is 1.98. The molecule has 7 heteroatoms. The Hall–Kier alpha value is -2.57. The van der Waals surface area contributed by atoms with Crippen molar-refractivity contribution in [1.82, 2.24) is 25.0 Å². The van der Waals surface area contributed by atoms with E-state index in [9.17, 15) is 9.59 Å². The summed E-state index contributed by atoms with van der Waals surface area (Å²) in [5.41, 5.74) is 5.99. The van der Waals surface area contributed by atoms with Crippen molar-refractivity contribution in [3.8, 4) is 0 Å². The minimum atomic E-state index is -0.148. The molecule has 0 bridgehead atoms. The molecule has 1 aliphatic heterocycles. The lowest BCUT2D eigenvalue weighted by molar-refractivity contribution is -0.126. The van der Waals surface area contributed by atoms with Gasteiger partial charge in [-0.25, -0.2) is 0 Å². The van der Waals surface area contributed by atoms with Crippen LogP contribution in [0.25, 0.3) is 0 Å². The smallest absolute Gasteiger partial charge is 0.270 e. The van der Waals surface area contributed by atoms with Crippen LogP contribution in [0.1, 0.15) is 58.5 Å². The van der Waals surface area contributed by atoms with Gasteiger partial charge in [0.05, 0.1) is 11.6 Å². The molecule has 0 aliphatic carbocycles. The number of carbonyl (C=O) groups excluding carboxylic acids is 2. The molecule has 29 heavy (non-hydrogen) atoms. The Morgan fingerprint density at radius 1 is 1.28 bits per heavy atom. The van der Waals surface area contributed by atoms with Crippen molar-refractivity contribution in [2.45, 2.75) is 60.4 Å². The molecule has 3 heterocycles. The van der Waals surface area contributed by atoms with E-state index < -0.39 is 0 Å². The third kappa shape index (κ3) is 4.54. The number of aromatic amines is 1. The molecular weight excluding hydrogens is 366 g/mol. The second-order valence-electron chi connectivity index (χ2n) is 8.11. The Balaban J connectivity index is 1.55. The summed E-state index contributed by atoms with van der Waals surface area (Å²) in [5, 5.41) is 7.62. The topological polar surface area (TPSA) is 83.0 Å². The summed E-state index contributed by atoms with van der Waals surface area (Å²) in [6.45, 7) is 12.7. The third-order valence-corrected chi connectivity index (χ3v) is 5.95. The molecule has 1 aliphatic rings. The highest BCUT2D eigenvalue weighted by atomic mass is 16.2. The van der Waals surface area contributed by atoms with Gasteiger partial charge < -0.3 is 15.2 Å². The fraction of sp³-hybridized carbons (Fsp3) is 0.591. The van der Waals surface area contributed by atoms with Gasteiger partial charge in [0.25, 0.3) is 5.91 Å². The van der Waals surface area contributed by atoms with E-state index in [0.29, 0.717) is 25.3 Å². The van der Waals surface area contributed by atoms with Crippen LogP contribution in [-0.4, -0.2) is 51.1 Å². The average Bonchev–Trinajstić information content (AvgIpc) is 3.19. The molecular formula is C22H33N5O2. The number of hydrogen-bond donors (Lipinski definition) is 2. The summed E-state index contributed by atoms with van der Waals surface area (Å²) >= 11 is 0. The number of nitrogens with zero attached hydrogens (tertiary/aromatic N) is 3. The monoisotopic (exact) mass is 399 g/mol. The van der Waals surface area contributed by atoms with Crippen LogP contribution in [0, 0.1) is 33.6 Å². The lowest BCUT2D eigenvalue weighted by atomic mass is 9.96. The van der Waals surface area contributed by atoms with E-state index in [4.69, 9.17) is 0 Å². The molecule has 158 valence electrons. The molecule has 2 aromatic rings. The van der Waals surface area contributed by atoms with Gasteiger partial charge in [0.1, 0.15) is 5.69 Å².